The van der Waals surface area contributed by atoms with E-state index in [4.69, 9.17) is 10.5 Å². The van der Waals surface area contributed by atoms with Gasteiger partial charge in [-0.1, -0.05) is 12.1 Å². The topological polar surface area (TPSA) is 55.5 Å². The van der Waals surface area contributed by atoms with E-state index >= 15 is 0 Å². The molecule has 2 aromatic rings. The summed E-state index contributed by atoms with van der Waals surface area (Å²) in [7, 11) is 1.41. The zero-order valence-corrected chi connectivity index (χ0v) is 10.2. The molecule has 0 bridgehead atoms. The van der Waals surface area contributed by atoms with Crippen molar-refractivity contribution < 1.29 is 18.6 Å². The zero-order valence-electron chi connectivity index (χ0n) is 10.2. The van der Waals surface area contributed by atoms with E-state index in [1.54, 1.807) is 0 Å². The monoisotopic (exact) mass is 265 g/mol. The molecule has 1 atom stereocenters. The molecule has 0 spiro atoms. The first kappa shape index (κ1) is 13.3. The summed E-state index contributed by atoms with van der Waals surface area (Å²) in [5.74, 6) is -1.20. The van der Waals surface area contributed by atoms with Gasteiger partial charge < -0.3 is 15.6 Å². The Labute approximate surface area is 109 Å². The highest BCUT2D eigenvalue weighted by molar-refractivity contribution is 5.58. The molecule has 0 saturated heterocycles. The standard InChI is InChI=1S/C14H13F2NO2/c1-19-14(8-2-4-9(15)5-3-8)11-6-10(16)7-12(17)13(11)18/h2-7,14,18H,17H2,1H3. The number of anilines is 1. The molecule has 19 heavy (non-hydrogen) atoms. The molecule has 0 aliphatic rings. The smallest absolute Gasteiger partial charge is 0.144 e. The Morgan fingerprint density at radius 3 is 2.32 bits per heavy atom. The maximum absolute atomic E-state index is 13.4. The van der Waals surface area contributed by atoms with Crippen molar-refractivity contribution in [2.24, 2.45) is 0 Å². The Bertz CT molecular complexity index is 585. The van der Waals surface area contributed by atoms with Gasteiger partial charge in [-0.2, -0.15) is 0 Å². The van der Waals surface area contributed by atoms with Crippen molar-refractivity contribution >= 4 is 5.69 Å². The lowest BCUT2D eigenvalue weighted by molar-refractivity contribution is 0.133. The second-order valence-corrected chi connectivity index (χ2v) is 4.10. The molecule has 100 valence electrons. The van der Waals surface area contributed by atoms with Gasteiger partial charge in [0.05, 0.1) is 5.69 Å². The molecule has 3 nitrogen and oxygen atoms in total. The minimum absolute atomic E-state index is 0.0702. The third kappa shape index (κ3) is 2.66. The van der Waals surface area contributed by atoms with E-state index in [9.17, 15) is 13.9 Å². The lowest BCUT2D eigenvalue weighted by Gasteiger charge is -2.18. The lowest BCUT2D eigenvalue weighted by atomic mass is 9.99. The van der Waals surface area contributed by atoms with Gasteiger partial charge in [0.15, 0.2) is 0 Å². The van der Waals surface area contributed by atoms with E-state index < -0.39 is 11.9 Å². The van der Waals surface area contributed by atoms with Crippen LogP contribution < -0.4 is 5.73 Å². The summed E-state index contributed by atoms with van der Waals surface area (Å²) in [4.78, 5) is 0. The maximum atomic E-state index is 13.4. The largest absolute Gasteiger partial charge is 0.505 e. The Morgan fingerprint density at radius 1 is 1.11 bits per heavy atom. The van der Waals surface area contributed by atoms with Gasteiger partial charge in [0, 0.05) is 18.7 Å². The second-order valence-electron chi connectivity index (χ2n) is 4.10. The number of hydrogen-bond acceptors (Lipinski definition) is 3. The van der Waals surface area contributed by atoms with Crippen molar-refractivity contribution in [1.82, 2.24) is 0 Å². The fraction of sp³-hybridized carbons (Fsp3) is 0.143. The van der Waals surface area contributed by atoms with Crippen LogP contribution in [-0.2, 0) is 4.74 Å². The molecule has 0 saturated carbocycles. The van der Waals surface area contributed by atoms with Gasteiger partial charge in [-0.15, -0.1) is 0 Å². The molecule has 0 aliphatic carbocycles. The highest BCUT2D eigenvalue weighted by Gasteiger charge is 2.20. The first-order valence-electron chi connectivity index (χ1n) is 5.59. The van der Waals surface area contributed by atoms with Gasteiger partial charge in [0.2, 0.25) is 0 Å². The first-order valence-corrected chi connectivity index (χ1v) is 5.59. The minimum atomic E-state index is -0.724. The molecule has 2 aromatic carbocycles. The average molecular weight is 265 g/mol. The average Bonchev–Trinajstić information content (AvgIpc) is 2.38. The van der Waals surface area contributed by atoms with Crippen molar-refractivity contribution in [1.29, 1.82) is 0 Å². The summed E-state index contributed by atoms with van der Waals surface area (Å²) in [6.07, 6.45) is -0.724. The zero-order chi connectivity index (χ0) is 14.0. The molecule has 1 unspecified atom stereocenters. The predicted octanol–water partition coefficient (Wildman–Crippen LogP) is 2.99. The van der Waals surface area contributed by atoms with Gasteiger partial charge in [0.25, 0.3) is 0 Å². The van der Waals surface area contributed by atoms with Crippen LogP contribution in [0.1, 0.15) is 17.2 Å². The Hall–Kier alpha value is -2.14. The summed E-state index contributed by atoms with van der Waals surface area (Å²) in [5, 5.41) is 9.89. The third-order valence-corrected chi connectivity index (χ3v) is 2.82. The van der Waals surface area contributed by atoms with E-state index in [2.05, 4.69) is 0 Å². The van der Waals surface area contributed by atoms with Crippen LogP contribution in [0, 0.1) is 11.6 Å². The molecule has 0 heterocycles. The predicted molar refractivity (Wildman–Crippen MR) is 67.7 cm³/mol. The quantitative estimate of drug-likeness (QED) is 0.662. The summed E-state index contributed by atoms with van der Waals surface area (Å²) in [6.45, 7) is 0. The van der Waals surface area contributed by atoms with E-state index in [1.165, 1.54) is 31.4 Å². The van der Waals surface area contributed by atoms with Crippen LogP contribution in [0.4, 0.5) is 14.5 Å². The van der Waals surface area contributed by atoms with Crippen LogP contribution in [0.5, 0.6) is 5.75 Å². The Morgan fingerprint density at radius 2 is 1.74 bits per heavy atom. The minimum Gasteiger partial charge on any atom is -0.505 e. The highest BCUT2D eigenvalue weighted by atomic mass is 19.1. The SMILES string of the molecule is COC(c1ccc(F)cc1)c1cc(F)cc(N)c1O. The molecule has 0 amide bonds. The molecular formula is C14H13F2NO2. The van der Waals surface area contributed by atoms with Crippen LogP contribution in [0.15, 0.2) is 36.4 Å². The summed E-state index contributed by atoms with van der Waals surface area (Å²) < 4.78 is 31.5. The number of hydrogen-bond donors (Lipinski definition) is 2. The van der Waals surface area contributed by atoms with Gasteiger partial charge in [0.1, 0.15) is 23.5 Å². The molecular weight excluding hydrogens is 252 g/mol. The van der Waals surface area contributed by atoms with Crippen LogP contribution in [-0.4, -0.2) is 12.2 Å². The Kier molecular flexibility index (Phi) is 3.66. The van der Waals surface area contributed by atoms with E-state index in [1.807, 2.05) is 0 Å². The molecule has 2 rings (SSSR count). The molecule has 5 heteroatoms. The number of ether oxygens (including phenoxy) is 1. The molecule has 0 aromatic heterocycles. The summed E-state index contributed by atoms with van der Waals surface area (Å²) >= 11 is 0. The normalized spacial score (nSPS) is 12.4. The summed E-state index contributed by atoms with van der Waals surface area (Å²) in [6, 6.07) is 7.70. The van der Waals surface area contributed by atoms with Gasteiger partial charge >= 0.3 is 0 Å². The number of phenols is 1. The van der Waals surface area contributed by atoms with Crippen LogP contribution >= 0.6 is 0 Å². The Balaban J connectivity index is 2.50. The van der Waals surface area contributed by atoms with Gasteiger partial charge in [-0.3, -0.25) is 0 Å². The maximum Gasteiger partial charge on any atom is 0.144 e. The van der Waals surface area contributed by atoms with Crippen LogP contribution in [0.2, 0.25) is 0 Å². The number of halogens is 2. The summed E-state index contributed by atoms with van der Waals surface area (Å²) in [5.41, 5.74) is 6.23. The van der Waals surface area contributed by atoms with Crippen molar-refractivity contribution in [2.75, 3.05) is 12.8 Å². The van der Waals surface area contributed by atoms with Crippen molar-refractivity contribution in [3.8, 4) is 5.75 Å². The van der Waals surface area contributed by atoms with Gasteiger partial charge in [-0.05, 0) is 23.8 Å². The van der Waals surface area contributed by atoms with Crippen molar-refractivity contribution in [3.05, 3.63) is 59.2 Å². The van der Waals surface area contributed by atoms with E-state index in [-0.39, 0.29) is 22.8 Å². The number of nitrogens with two attached hydrogens (primary N) is 1. The van der Waals surface area contributed by atoms with E-state index in [0.29, 0.717) is 5.56 Å². The fourth-order valence-corrected chi connectivity index (χ4v) is 1.92. The van der Waals surface area contributed by atoms with Crippen molar-refractivity contribution in [2.45, 2.75) is 6.10 Å². The van der Waals surface area contributed by atoms with Crippen LogP contribution in [0.25, 0.3) is 0 Å². The second kappa shape index (κ2) is 5.24. The van der Waals surface area contributed by atoms with Crippen molar-refractivity contribution in [3.63, 3.8) is 0 Å². The number of aromatic hydroxyl groups is 1. The molecule has 0 fully saturated rings. The van der Waals surface area contributed by atoms with Gasteiger partial charge in [-0.25, -0.2) is 8.78 Å². The number of phenolic OH excluding ortho intramolecular Hbond substituents is 1. The van der Waals surface area contributed by atoms with Crippen LogP contribution in [0.3, 0.4) is 0 Å². The fourth-order valence-electron chi connectivity index (χ4n) is 1.92. The number of methoxy groups -OCH3 is 1. The number of nitrogen functional groups attached to an aromatic ring is 1. The highest BCUT2D eigenvalue weighted by Crippen LogP contribution is 2.36. The number of benzene rings is 2. The molecule has 0 radical (unpaired) electrons. The molecule has 3 N–H and O–H groups in total. The number of rotatable bonds is 3. The third-order valence-electron chi connectivity index (χ3n) is 2.82. The van der Waals surface area contributed by atoms with E-state index in [0.717, 1.165) is 12.1 Å². The molecule has 0 aliphatic heterocycles. The lowest BCUT2D eigenvalue weighted by Crippen LogP contribution is -2.06. The first-order chi connectivity index (χ1) is 9.02.